The maximum atomic E-state index is 14.0. The minimum absolute atomic E-state index is 0.0893. The topological polar surface area (TPSA) is 85.7 Å². The number of ether oxygens (including phenoxy) is 2. The number of aromatic nitrogens is 2. The van der Waals surface area contributed by atoms with Crippen LogP contribution in [-0.2, 0) is 20.8 Å². The molecule has 1 fully saturated rings. The number of benzene rings is 2. The zero-order valence-electron chi connectivity index (χ0n) is 20.1. The lowest BCUT2D eigenvalue weighted by Crippen LogP contribution is -2.44. The van der Waals surface area contributed by atoms with Crippen LogP contribution in [0.25, 0.3) is 11.0 Å². The van der Waals surface area contributed by atoms with Crippen molar-refractivity contribution in [3.05, 3.63) is 59.7 Å². The van der Waals surface area contributed by atoms with E-state index in [9.17, 15) is 14.0 Å². The second-order valence-corrected chi connectivity index (χ2v) is 8.80. The zero-order chi connectivity index (χ0) is 24.8. The van der Waals surface area contributed by atoms with E-state index >= 15 is 0 Å². The highest BCUT2D eigenvalue weighted by atomic mass is 19.1. The number of hydrogen-bond acceptors (Lipinski definition) is 5. The summed E-state index contributed by atoms with van der Waals surface area (Å²) in [5.41, 5.74) is 3.12. The summed E-state index contributed by atoms with van der Waals surface area (Å²) >= 11 is 0. The van der Waals surface area contributed by atoms with E-state index in [0.717, 1.165) is 31.2 Å². The van der Waals surface area contributed by atoms with Crippen LogP contribution in [0.1, 0.15) is 41.6 Å². The van der Waals surface area contributed by atoms with Crippen molar-refractivity contribution in [2.75, 3.05) is 39.3 Å². The fraction of sp³-hybridized carbons (Fsp3) is 0.423. The van der Waals surface area contributed by atoms with E-state index in [1.807, 2.05) is 9.47 Å². The van der Waals surface area contributed by atoms with Crippen molar-refractivity contribution in [3.8, 4) is 0 Å². The molecule has 1 saturated heterocycles. The van der Waals surface area contributed by atoms with Gasteiger partial charge in [-0.15, -0.1) is 0 Å². The molecule has 0 radical (unpaired) electrons. The molecule has 3 aromatic rings. The van der Waals surface area contributed by atoms with Gasteiger partial charge in [0.15, 0.2) is 0 Å². The Morgan fingerprint density at radius 3 is 2.69 bits per heavy atom. The van der Waals surface area contributed by atoms with Crippen molar-refractivity contribution in [3.63, 3.8) is 0 Å². The lowest BCUT2D eigenvalue weighted by molar-refractivity contribution is -0.119. The molecule has 1 unspecified atom stereocenters. The Morgan fingerprint density at radius 2 is 1.94 bits per heavy atom. The number of amides is 2. The number of anilines is 1. The first kappa shape index (κ1) is 24.8. The van der Waals surface area contributed by atoms with E-state index in [4.69, 9.17) is 9.47 Å². The number of carbonyl (C=O) groups is 2. The summed E-state index contributed by atoms with van der Waals surface area (Å²) in [6.07, 6.45) is 5.38. The van der Waals surface area contributed by atoms with Gasteiger partial charge in [-0.3, -0.25) is 9.59 Å². The molecule has 0 aliphatic carbocycles. The van der Waals surface area contributed by atoms with Crippen LogP contribution in [0.5, 0.6) is 0 Å². The Bertz CT molecular complexity index is 1180. The third-order valence-electron chi connectivity index (χ3n) is 6.31. The van der Waals surface area contributed by atoms with Crippen molar-refractivity contribution in [2.24, 2.45) is 0 Å². The van der Waals surface area contributed by atoms with Crippen molar-refractivity contribution in [1.82, 2.24) is 14.5 Å². The Labute approximate surface area is 204 Å². The van der Waals surface area contributed by atoms with Gasteiger partial charge in [0.1, 0.15) is 12.4 Å². The molecular weight excluding hydrogens is 451 g/mol. The van der Waals surface area contributed by atoms with Crippen LogP contribution in [0, 0.1) is 5.82 Å². The molecule has 2 amide bonds. The number of piperidine rings is 1. The van der Waals surface area contributed by atoms with Crippen LogP contribution in [0.2, 0.25) is 0 Å². The van der Waals surface area contributed by atoms with Crippen molar-refractivity contribution in [1.29, 1.82) is 0 Å². The predicted octanol–water partition coefficient (Wildman–Crippen LogP) is 3.84. The van der Waals surface area contributed by atoms with Crippen LogP contribution in [0.3, 0.4) is 0 Å². The highest BCUT2D eigenvalue weighted by Gasteiger charge is 2.29. The number of nitrogens with zero attached hydrogens (tertiary/aromatic N) is 3. The van der Waals surface area contributed by atoms with Gasteiger partial charge >= 0.3 is 0 Å². The van der Waals surface area contributed by atoms with E-state index in [0.29, 0.717) is 42.0 Å². The van der Waals surface area contributed by atoms with Gasteiger partial charge in [-0.1, -0.05) is 12.1 Å². The Morgan fingerprint density at radius 1 is 1.14 bits per heavy atom. The predicted molar refractivity (Wildman–Crippen MR) is 131 cm³/mol. The summed E-state index contributed by atoms with van der Waals surface area (Å²) < 4.78 is 25.5. The molecule has 0 bridgehead atoms. The van der Waals surface area contributed by atoms with E-state index in [1.165, 1.54) is 19.2 Å². The third-order valence-corrected chi connectivity index (χ3v) is 6.31. The molecule has 4 rings (SSSR count). The fourth-order valence-electron chi connectivity index (χ4n) is 4.66. The van der Waals surface area contributed by atoms with Gasteiger partial charge in [0.2, 0.25) is 5.91 Å². The monoisotopic (exact) mass is 482 g/mol. The Balaban J connectivity index is 1.74. The van der Waals surface area contributed by atoms with Crippen molar-refractivity contribution in [2.45, 2.75) is 38.3 Å². The van der Waals surface area contributed by atoms with Crippen LogP contribution in [0.15, 0.2) is 42.7 Å². The second-order valence-electron chi connectivity index (χ2n) is 8.80. The lowest BCUT2D eigenvalue weighted by atomic mass is 9.98. The largest absolute Gasteiger partial charge is 0.385 e. The van der Waals surface area contributed by atoms with Crippen LogP contribution in [-0.4, -0.2) is 66.3 Å². The second kappa shape index (κ2) is 11.4. The van der Waals surface area contributed by atoms with Gasteiger partial charge in [-0.25, -0.2) is 9.37 Å². The van der Waals surface area contributed by atoms with Crippen molar-refractivity contribution >= 4 is 28.5 Å². The molecule has 1 aliphatic heterocycles. The minimum atomic E-state index is -0.313. The molecule has 8 nitrogen and oxygen atoms in total. The van der Waals surface area contributed by atoms with Gasteiger partial charge in [0, 0.05) is 45.6 Å². The number of rotatable bonds is 9. The number of fused-ring (bicyclic) bond motifs is 1. The molecule has 35 heavy (non-hydrogen) atoms. The first-order valence-electron chi connectivity index (χ1n) is 11.8. The lowest BCUT2D eigenvalue weighted by Gasteiger charge is -2.36. The number of nitrogens with one attached hydrogen (secondary N) is 1. The molecular formula is C26H31FN4O4. The average molecular weight is 483 g/mol. The van der Waals surface area contributed by atoms with Gasteiger partial charge in [-0.2, -0.15) is 0 Å². The van der Waals surface area contributed by atoms with Gasteiger partial charge in [-0.05, 0) is 55.5 Å². The maximum absolute atomic E-state index is 14.0. The highest BCUT2D eigenvalue weighted by molar-refractivity contribution is 6.07. The molecule has 0 saturated carbocycles. The summed E-state index contributed by atoms with van der Waals surface area (Å²) in [6, 6.07) is 9.81. The number of imidazole rings is 1. The van der Waals surface area contributed by atoms with Gasteiger partial charge in [0.05, 0.1) is 22.9 Å². The molecule has 186 valence electrons. The van der Waals surface area contributed by atoms with Crippen LogP contribution in [0.4, 0.5) is 10.1 Å². The summed E-state index contributed by atoms with van der Waals surface area (Å²) in [5.74, 6) is -0.713. The standard InChI is InChI=1S/C26H31FN4O4/c1-34-12-10-21-5-3-4-11-31(21)26(33)22-13-20(29-24(32)16-35-2)14-23-25(22)30(17-28-23)15-18-6-8-19(27)9-7-18/h6-9,13-14,17,21H,3-5,10-12,15-16H2,1-2H3,(H,29,32). The molecule has 2 heterocycles. The van der Waals surface area contributed by atoms with Crippen LogP contribution >= 0.6 is 0 Å². The SMILES string of the molecule is COCCC1CCCCN1C(=O)c1cc(NC(=O)COC)cc2ncn(Cc3ccc(F)cc3)c12. The Hall–Kier alpha value is -3.30. The first-order valence-corrected chi connectivity index (χ1v) is 11.8. The number of likely N-dealkylation sites (tertiary alicyclic amines) is 1. The van der Waals surface area contributed by atoms with Crippen molar-refractivity contribution < 1.29 is 23.5 Å². The smallest absolute Gasteiger partial charge is 0.256 e. The summed E-state index contributed by atoms with van der Waals surface area (Å²) in [4.78, 5) is 32.6. The highest BCUT2D eigenvalue weighted by Crippen LogP contribution is 2.29. The van der Waals surface area contributed by atoms with E-state index < -0.39 is 0 Å². The molecule has 1 atom stereocenters. The average Bonchev–Trinajstić information content (AvgIpc) is 3.26. The summed E-state index contributed by atoms with van der Waals surface area (Å²) in [7, 11) is 3.12. The van der Waals surface area contributed by atoms with E-state index in [-0.39, 0.29) is 30.3 Å². The van der Waals surface area contributed by atoms with Crippen LogP contribution < -0.4 is 5.32 Å². The fourth-order valence-corrected chi connectivity index (χ4v) is 4.66. The molecule has 9 heteroatoms. The quantitative estimate of drug-likeness (QED) is 0.501. The molecule has 0 spiro atoms. The normalized spacial score (nSPS) is 16.0. The Kier molecular flexibility index (Phi) is 8.09. The number of methoxy groups -OCH3 is 2. The third kappa shape index (κ3) is 5.86. The number of halogens is 1. The number of hydrogen-bond donors (Lipinski definition) is 1. The zero-order valence-corrected chi connectivity index (χ0v) is 20.1. The molecule has 1 aromatic heterocycles. The van der Waals surface area contributed by atoms with E-state index in [2.05, 4.69) is 10.3 Å². The maximum Gasteiger partial charge on any atom is 0.256 e. The number of carbonyl (C=O) groups excluding carboxylic acids is 2. The summed E-state index contributed by atoms with van der Waals surface area (Å²) in [5, 5.41) is 2.80. The van der Waals surface area contributed by atoms with Gasteiger partial charge < -0.3 is 24.3 Å². The molecule has 1 aliphatic rings. The minimum Gasteiger partial charge on any atom is -0.385 e. The van der Waals surface area contributed by atoms with E-state index in [1.54, 1.807) is 37.7 Å². The first-order chi connectivity index (χ1) is 17.0. The van der Waals surface area contributed by atoms with Gasteiger partial charge in [0.25, 0.3) is 5.91 Å². The molecule has 1 N–H and O–H groups in total. The molecule has 2 aromatic carbocycles. The summed E-state index contributed by atoms with van der Waals surface area (Å²) in [6.45, 7) is 1.59.